The largest absolute Gasteiger partial charge is 0.446 e. The van der Waals surface area contributed by atoms with Crippen molar-refractivity contribution in [3.05, 3.63) is 66.0 Å². The molecule has 0 N–H and O–H groups in total. The Balaban J connectivity index is 1.85. The predicted octanol–water partition coefficient (Wildman–Crippen LogP) is 4.58. The number of aromatic nitrogens is 4. The number of hydrogen-bond acceptors (Lipinski definition) is 4. The van der Waals surface area contributed by atoms with Crippen LogP contribution in [0, 0.1) is 5.82 Å². The van der Waals surface area contributed by atoms with E-state index >= 15 is 0 Å². The van der Waals surface area contributed by atoms with Crippen LogP contribution in [0.1, 0.15) is 11.1 Å². The maximum Gasteiger partial charge on any atom is 0.446 e. The SMILES string of the molecule is Fc1cncc(-n2nccn2)c1/C=C/c1ccc(SC(F)(F)F)cc1. The molecule has 1 aromatic carbocycles. The van der Waals surface area contributed by atoms with Crippen molar-refractivity contribution in [1.82, 2.24) is 20.0 Å². The van der Waals surface area contributed by atoms with E-state index in [1.54, 1.807) is 6.08 Å². The molecule has 3 rings (SSSR count). The van der Waals surface area contributed by atoms with E-state index in [4.69, 9.17) is 0 Å². The minimum atomic E-state index is -4.33. The van der Waals surface area contributed by atoms with Crippen LogP contribution >= 0.6 is 11.8 Å². The second-order valence-corrected chi connectivity index (χ2v) is 5.96. The van der Waals surface area contributed by atoms with Gasteiger partial charge in [0.25, 0.3) is 0 Å². The topological polar surface area (TPSA) is 43.6 Å². The number of thioether (sulfide) groups is 1. The summed E-state index contributed by atoms with van der Waals surface area (Å²) < 4.78 is 51.0. The summed E-state index contributed by atoms with van der Waals surface area (Å²) in [6.45, 7) is 0. The zero-order chi connectivity index (χ0) is 17.9. The van der Waals surface area contributed by atoms with Crippen molar-refractivity contribution >= 4 is 23.9 Å². The van der Waals surface area contributed by atoms with Gasteiger partial charge in [-0.15, -0.1) is 4.80 Å². The van der Waals surface area contributed by atoms with Gasteiger partial charge in [0.2, 0.25) is 0 Å². The highest BCUT2D eigenvalue weighted by Crippen LogP contribution is 2.36. The second-order valence-electron chi connectivity index (χ2n) is 4.82. The van der Waals surface area contributed by atoms with Crippen LogP contribution in [0.5, 0.6) is 0 Å². The number of rotatable bonds is 4. The van der Waals surface area contributed by atoms with Crippen LogP contribution in [0.15, 0.2) is 53.9 Å². The van der Waals surface area contributed by atoms with Gasteiger partial charge in [0, 0.05) is 10.5 Å². The normalized spacial score (nSPS) is 12.0. The van der Waals surface area contributed by atoms with Gasteiger partial charge < -0.3 is 0 Å². The molecule has 128 valence electrons. The smallest absolute Gasteiger partial charge is 0.259 e. The molecule has 0 amide bonds. The molecule has 0 bridgehead atoms. The summed E-state index contributed by atoms with van der Waals surface area (Å²) in [6.07, 6.45) is 8.49. The van der Waals surface area contributed by atoms with Crippen molar-refractivity contribution in [3.63, 3.8) is 0 Å². The average Bonchev–Trinajstić information content (AvgIpc) is 3.08. The third-order valence-corrected chi connectivity index (χ3v) is 3.85. The molecule has 0 fully saturated rings. The summed E-state index contributed by atoms with van der Waals surface area (Å²) in [6, 6.07) is 5.76. The molecule has 2 aromatic heterocycles. The molecular weight excluding hydrogens is 356 g/mol. The van der Waals surface area contributed by atoms with Gasteiger partial charge in [-0.3, -0.25) is 4.98 Å². The van der Waals surface area contributed by atoms with Crippen LogP contribution in [-0.2, 0) is 0 Å². The van der Waals surface area contributed by atoms with Crippen LogP contribution in [0.2, 0.25) is 0 Å². The van der Waals surface area contributed by atoms with Crippen LogP contribution in [0.3, 0.4) is 0 Å². The lowest BCUT2D eigenvalue weighted by atomic mass is 10.1. The molecule has 0 saturated heterocycles. The Morgan fingerprint density at radius 2 is 1.64 bits per heavy atom. The molecule has 0 spiro atoms. The Hall–Kier alpha value is -2.68. The summed E-state index contributed by atoms with van der Waals surface area (Å²) in [5, 5.41) is 7.89. The Morgan fingerprint density at radius 1 is 0.960 bits per heavy atom. The van der Waals surface area contributed by atoms with Crippen molar-refractivity contribution in [2.45, 2.75) is 10.4 Å². The first-order valence-corrected chi connectivity index (χ1v) is 7.78. The molecule has 0 radical (unpaired) electrons. The molecule has 0 atom stereocenters. The Bertz CT molecular complexity index is 874. The van der Waals surface area contributed by atoms with E-state index in [0.717, 1.165) is 6.20 Å². The minimum Gasteiger partial charge on any atom is -0.259 e. The molecule has 25 heavy (non-hydrogen) atoms. The first-order valence-electron chi connectivity index (χ1n) is 6.96. The summed E-state index contributed by atoms with van der Waals surface area (Å²) in [7, 11) is 0. The summed E-state index contributed by atoms with van der Waals surface area (Å²) >= 11 is -0.185. The summed E-state index contributed by atoms with van der Waals surface area (Å²) in [5.74, 6) is -0.560. The lowest BCUT2D eigenvalue weighted by molar-refractivity contribution is -0.0328. The third kappa shape index (κ3) is 4.44. The van der Waals surface area contributed by atoms with Gasteiger partial charge in [0.1, 0.15) is 5.69 Å². The fraction of sp³-hybridized carbons (Fsp3) is 0.0625. The summed E-state index contributed by atoms with van der Waals surface area (Å²) in [4.78, 5) is 5.10. The van der Waals surface area contributed by atoms with Crippen molar-refractivity contribution in [2.75, 3.05) is 0 Å². The van der Waals surface area contributed by atoms with E-state index in [0.29, 0.717) is 11.3 Å². The van der Waals surface area contributed by atoms with E-state index in [1.807, 2.05) is 0 Å². The Morgan fingerprint density at radius 3 is 2.28 bits per heavy atom. The van der Waals surface area contributed by atoms with E-state index in [2.05, 4.69) is 15.2 Å². The highest BCUT2D eigenvalue weighted by Gasteiger charge is 2.28. The molecular formula is C16H10F4N4S. The van der Waals surface area contributed by atoms with Crippen molar-refractivity contribution in [2.24, 2.45) is 0 Å². The lowest BCUT2D eigenvalue weighted by Crippen LogP contribution is -2.03. The fourth-order valence-corrected chi connectivity index (χ4v) is 2.60. The highest BCUT2D eigenvalue weighted by atomic mass is 32.2. The van der Waals surface area contributed by atoms with Gasteiger partial charge in [-0.1, -0.05) is 18.2 Å². The molecule has 3 aromatic rings. The highest BCUT2D eigenvalue weighted by molar-refractivity contribution is 8.00. The molecule has 2 heterocycles. The van der Waals surface area contributed by atoms with Gasteiger partial charge in [-0.25, -0.2) is 4.39 Å². The Labute approximate surface area is 144 Å². The summed E-state index contributed by atoms with van der Waals surface area (Å²) in [5.41, 5.74) is -3.13. The quantitative estimate of drug-likeness (QED) is 0.501. The molecule has 0 saturated carbocycles. The molecule has 0 aliphatic carbocycles. The van der Waals surface area contributed by atoms with Crippen molar-refractivity contribution in [3.8, 4) is 5.69 Å². The van der Waals surface area contributed by atoms with Crippen molar-refractivity contribution in [1.29, 1.82) is 0 Å². The number of nitrogens with zero attached hydrogens (tertiary/aromatic N) is 4. The average molecular weight is 366 g/mol. The lowest BCUT2D eigenvalue weighted by Gasteiger charge is -2.06. The predicted molar refractivity (Wildman–Crippen MR) is 86.4 cm³/mol. The standard InChI is InChI=1S/C16H10F4N4S/c17-14-9-21-10-15(24-22-7-8-23-24)13(14)6-3-11-1-4-12(5-2-11)25-16(18,19)20/h1-10H/b6-3+. The molecule has 0 aliphatic rings. The van der Waals surface area contributed by atoms with E-state index in [1.165, 1.54) is 53.7 Å². The van der Waals surface area contributed by atoms with E-state index < -0.39 is 11.3 Å². The first kappa shape index (κ1) is 17.2. The molecule has 0 aliphatic heterocycles. The van der Waals surface area contributed by atoms with Gasteiger partial charge >= 0.3 is 5.51 Å². The van der Waals surface area contributed by atoms with Gasteiger partial charge in [-0.2, -0.15) is 23.4 Å². The Kier molecular flexibility index (Phi) is 4.84. The number of halogens is 4. The van der Waals surface area contributed by atoms with E-state index in [-0.39, 0.29) is 22.2 Å². The molecule has 0 unspecified atom stereocenters. The number of pyridine rings is 1. The van der Waals surface area contributed by atoms with Crippen LogP contribution in [-0.4, -0.2) is 25.5 Å². The van der Waals surface area contributed by atoms with Crippen LogP contribution in [0.4, 0.5) is 17.6 Å². The van der Waals surface area contributed by atoms with Gasteiger partial charge in [-0.05, 0) is 35.5 Å². The fourth-order valence-electron chi connectivity index (χ4n) is 2.06. The maximum absolute atomic E-state index is 14.1. The first-order chi connectivity index (χ1) is 11.9. The zero-order valence-corrected chi connectivity index (χ0v) is 13.3. The number of benzene rings is 1. The zero-order valence-electron chi connectivity index (χ0n) is 12.5. The van der Waals surface area contributed by atoms with E-state index in [9.17, 15) is 17.6 Å². The van der Waals surface area contributed by atoms with Crippen molar-refractivity contribution < 1.29 is 17.6 Å². The monoisotopic (exact) mass is 366 g/mol. The number of hydrogen-bond donors (Lipinski definition) is 0. The third-order valence-electron chi connectivity index (χ3n) is 3.11. The van der Waals surface area contributed by atoms with Crippen LogP contribution < -0.4 is 0 Å². The maximum atomic E-state index is 14.1. The van der Waals surface area contributed by atoms with Gasteiger partial charge in [0.05, 0.1) is 24.8 Å². The van der Waals surface area contributed by atoms with Gasteiger partial charge in [0.15, 0.2) is 5.82 Å². The molecule has 9 heteroatoms. The second kappa shape index (κ2) is 7.06. The molecule has 4 nitrogen and oxygen atoms in total. The number of alkyl halides is 3. The van der Waals surface area contributed by atoms with Crippen LogP contribution in [0.25, 0.3) is 17.8 Å². The minimum absolute atomic E-state index is 0.0844.